The van der Waals surface area contributed by atoms with Crippen LogP contribution in [0.15, 0.2) is 36.4 Å². The summed E-state index contributed by atoms with van der Waals surface area (Å²) < 4.78 is 5.72. The zero-order valence-corrected chi connectivity index (χ0v) is 14.9. The Hall–Kier alpha value is -2.89. The summed E-state index contributed by atoms with van der Waals surface area (Å²) in [7, 11) is 1.68. The molecule has 1 amide bonds. The van der Waals surface area contributed by atoms with Gasteiger partial charge in [-0.3, -0.25) is 14.9 Å². The molecule has 0 aromatic heterocycles. The fourth-order valence-electron chi connectivity index (χ4n) is 2.63. The minimum absolute atomic E-state index is 0.0114. The molecule has 2 aromatic rings. The smallest absolute Gasteiger partial charge is 0.272 e. The van der Waals surface area contributed by atoms with Crippen molar-refractivity contribution in [3.63, 3.8) is 0 Å². The minimum atomic E-state index is -0.453. The number of carbonyl (C=O) groups excluding carboxylic acids is 1. The van der Waals surface area contributed by atoms with Crippen LogP contribution in [0.1, 0.15) is 27.0 Å². The molecule has 0 spiro atoms. The third-order valence-corrected chi connectivity index (χ3v) is 3.88. The summed E-state index contributed by atoms with van der Waals surface area (Å²) in [6.45, 7) is 6.43. The summed E-state index contributed by atoms with van der Waals surface area (Å²) in [5.41, 5.74) is 3.16. The van der Waals surface area contributed by atoms with E-state index >= 15 is 0 Å². The van der Waals surface area contributed by atoms with Crippen molar-refractivity contribution in [1.82, 2.24) is 4.90 Å². The van der Waals surface area contributed by atoms with E-state index in [0.29, 0.717) is 24.3 Å². The van der Waals surface area contributed by atoms with Crippen LogP contribution < -0.4 is 4.74 Å². The third-order valence-electron chi connectivity index (χ3n) is 3.88. The lowest BCUT2D eigenvalue weighted by Crippen LogP contribution is -2.31. The molecule has 0 radical (unpaired) electrons. The van der Waals surface area contributed by atoms with Gasteiger partial charge in [0.05, 0.1) is 11.5 Å². The minimum Gasteiger partial charge on any atom is -0.492 e. The highest BCUT2D eigenvalue weighted by Crippen LogP contribution is 2.20. The molecule has 0 fully saturated rings. The van der Waals surface area contributed by atoms with Gasteiger partial charge >= 0.3 is 0 Å². The Morgan fingerprint density at radius 1 is 1.12 bits per heavy atom. The lowest BCUT2D eigenvalue weighted by atomic mass is 10.1. The maximum atomic E-state index is 12.4. The van der Waals surface area contributed by atoms with Crippen LogP contribution in [0.4, 0.5) is 5.69 Å². The predicted molar refractivity (Wildman–Crippen MR) is 96.2 cm³/mol. The highest BCUT2D eigenvalue weighted by molar-refractivity contribution is 5.94. The largest absolute Gasteiger partial charge is 0.492 e. The van der Waals surface area contributed by atoms with E-state index in [1.165, 1.54) is 12.1 Å². The van der Waals surface area contributed by atoms with E-state index in [0.717, 1.165) is 16.9 Å². The van der Waals surface area contributed by atoms with E-state index in [9.17, 15) is 14.9 Å². The SMILES string of the molecule is Cc1cc(C)cc(OCCN(C)C(=O)c2ccc([N+](=O)[O-])c(C)c2)c1. The third kappa shape index (κ3) is 4.79. The van der Waals surface area contributed by atoms with Gasteiger partial charge < -0.3 is 9.64 Å². The molecule has 2 rings (SSSR count). The van der Waals surface area contributed by atoms with Gasteiger partial charge in [-0.1, -0.05) is 6.07 Å². The monoisotopic (exact) mass is 342 g/mol. The zero-order valence-electron chi connectivity index (χ0n) is 14.9. The molecule has 0 atom stereocenters. The van der Waals surface area contributed by atoms with Crippen LogP contribution in [0.5, 0.6) is 5.75 Å². The Bertz CT molecular complexity index is 782. The molecular formula is C19H22N2O4. The molecule has 0 aliphatic heterocycles. The summed E-state index contributed by atoms with van der Waals surface area (Å²) in [6, 6.07) is 10.4. The molecular weight excluding hydrogens is 320 g/mol. The number of rotatable bonds is 6. The highest BCUT2D eigenvalue weighted by Gasteiger charge is 2.16. The molecule has 132 valence electrons. The Kier molecular flexibility index (Phi) is 5.75. The summed E-state index contributed by atoms with van der Waals surface area (Å²) >= 11 is 0. The van der Waals surface area contributed by atoms with Gasteiger partial charge in [0.1, 0.15) is 12.4 Å². The number of carbonyl (C=O) groups is 1. The fourth-order valence-corrected chi connectivity index (χ4v) is 2.63. The number of nitro groups is 1. The number of amides is 1. The van der Waals surface area contributed by atoms with Crippen molar-refractivity contribution in [2.24, 2.45) is 0 Å². The Morgan fingerprint density at radius 3 is 2.32 bits per heavy atom. The number of benzene rings is 2. The summed E-state index contributed by atoms with van der Waals surface area (Å²) in [6.07, 6.45) is 0. The van der Waals surface area contributed by atoms with Crippen LogP contribution in [0, 0.1) is 30.9 Å². The lowest BCUT2D eigenvalue weighted by molar-refractivity contribution is -0.385. The topological polar surface area (TPSA) is 72.7 Å². The molecule has 0 aliphatic rings. The second-order valence-electron chi connectivity index (χ2n) is 6.16. The Morgan fingerprint density at radius 2 is 1.76 bits per heavy atom. The first-order chi connectivity index (χ1) is 11.8. The number of ether oxygens (including phenoxy) is 1. The summed E-state index contributed by atoms with van der Waals surface area (Å²) in [5.74, 6) is 0.589. The van der Waals surface area contributed by atoms with E-state index in [2.05, 4.69) is 6.07 Å². The van der Waals surface area contributed by atoms with Crippen molar-refractivity contribution in [2.45, 2.75) is 20.8 Å². The van der Waals surface area contributed by atoms with Gasteiger partial charge in [-0.2, -0.15) is 0 Å². The number of hydrogen-bond acceptors (Lipinski definition) is 4. The van der Waals surface area contributed by atoms with Gasteiger partial charge in [-0.15, -0.1) is 0 Å². The molecule has 0 heterocycles. The molecule has 2 aromatic carbocycles. The number of likely N-dealkylation sites (N-methyl/N-ethyl adjacent to an activating group) is 1. The van der Waals surface area contributed by atoms with Crippen molar-refractivity contribution in [2.75, 3.05) is 20.2 Å². The molecule has 0 saturated heterocycles. The van der Waals surface area contributed by atoms with Gasteiger partial charge in [0.2, 0.25) is 0 Å². The second-order valence-corrected chi connectivity index (χ2v) is 6.16. The number of aryl methyl sites for hydroxylation is 3. The van der Waals surface area contributed by atoms with E-state index in [4.69, 9.17) is 4.74 Å². The molecule has 0 unspecified atom stereocenters. The van der Waals surface area contributed by atoms with E-state index in [1.807, 2.05) is 26.0 Å². The van der Waals surface area contributed by atoms with Crippen molar-refractivity contribution in [3.05, 3.63) is 68.8 Å². The quantitative estimate of drug-likeness (QED) is 0.593. The predicted octanol–water partition coefficient (Wildman–Crippen LogP) is 3.67. The van der Waals surface area contributed by atoms with Crippen LogP contribution in [-0.2, 0) is 0 Å². The van der Waals surface area contributed by atoms with Crippen molar-refractivity contribution < 1.29 is 14.5 Å². The first-order valence-corrected chi connectivity index (χ1v) is 7.99. The first-order valence-electron chi connectivity index (χ1n) is 7.99. The van der Waals surface area contributed by atoms with Crippen molar-refractivity contribution in [3.8, 4) is 5.75 Å². The van der Waals surface area contributed by atoms with Crippen LogP contribution in [0.2, 0.25) is 0 Å². The second kappa shape index (κ2) is 7.79. The maximum Gasteiger partial charge on any atom is 0.272 e. The van der Waals surface area contributed by atoms with Crippen LogP contribution >= 0.6 is 0 Å². The van der Waals surface area contributed by atoms with Crippen molar-refractivity contribution >= 4 is 11.6 Å². The average molecular weight is 342 g/mol. The standard InChI is InChI=1S/C19H22N2O4/c1-13-9-14(2)11-17(10-13)25-8-7-20(4)19(22)16-5-6-18(21(23)24)15(3)12-16/h5-6,9-12H,7-8H2,1-4H3. The molecule has 25 heavy (non-hydrogen) atoms. The van der Waals surface area contributed by atoms with E-state index in [-0.39, 0.29) is 11.6 Å². The van der Waals surface area contributed by atoms with Crippen LogP contribution in [-0.4, -0.2) is 35.9 Å². The Balaban J connectivity index is 1.96. The summed E-state index contributed by atoms with van der Waals surface area (Å²) in [5, 5.41) is 10.9. The molecule has 0 bridgehead atoms. The summed E-state index contributed by atoms with van der Waals surface area (Å²) in [4.78, 5) is 24.4. The normalized spacial score (nSPS) is 10.4. The molecule has 6 nitrogen and oxygen atoms in total. The zero-order chi connectivity index (χ0) is 18.6. The number of nitrogens with zero attached hydrogens (tertiary/aromatic N) is 2. The van der Waals surface area contributed by atoms with Gasteiger partial charge in [-0.05, 0) is 56.2 Å². The van der Waals surface area contributed by atoms with E-state index in [1.54, 1.807) is 24.9 Å². The molecule has 6 heteroatoms. The van der Waals surface area contributed by atoms with Gasteiger partial charge in [-0.25, -0.2) is 0 Å². The fraction of sp³-hybridized carbons (Fsp3) is 0.316. The van der Waals surface area contributed by atoms with Gasteiger partial charge in [0, 0.05) is 24.2 Å². The molecule has 0 saturated carbocycles. The highest BCUT2D eigenvalue weighted by atomic mass is 16.6. The number of hydrogen-bond donors (Lipinski definition) is 0. The maximum absolute atomic E-state index is 12.4. The van der Waals surface area contributed by atoms with Crippen molar-refractivity contribution in [1.29, 1.82) is 0 Å². The first kappa shape index (κ1) is 18.4. The van der Waals surface area contributed by atoms with Crippen LogP contribution in [0.25, 0.3) is 0 Å². The lowest BCUT2D eigenvalue weighted by Gasteiger charge is -2.18. The van der Waals surface area contributed by atoms with E-state index < -0.39 is 4.92 Å². The molecule has 0 aliphatic carbocycles. The average Bonchev–Trinajstić information content (AvgIpc) is 2.52. The van der Waals surface area contributed by atoms with Crippen LogP contribution in [0.3, 0.4) is 0 Å². The van der Waals surface area contributed by atoms with Gasteiger partial charge in [0.25, 0.3) is 11.6 Å². The Labute approximate surface area is 147 Å². The molecule has 0 N–H and O–H groups in total. The number of nitro benzene ring substituents is 1. The van der Waals surface area contributed by atoms with Gasteiger partial charge in [0.15, 0.2) is 0 Å².